The average molecular weight is 280 g/mol. The van der Waals surface area contributed by atoms with Crippen molar-refractivity contribution in [3.05, 3.63) is 29.3 Å². The van der Waals surface area contributed by atoms with E-state index in [4.69, 9.17) is 16.3 Å². The van der Waals surface area contributed by atoms with Gasteiger partial charge in [-0.25, -0.2) is 0 Å². The molecule has 4 heteroatoms. The Hall–Kier alpha value is -1.22. The summed E-state index contributed by atoms with van der Waals surface area (Å²) in [6, 6.07) is 7.41. The van der Waals surface area contributed by atoms with E-state index in [-0.39, 0.29) is 5.91 Å². The molecule has 0 N–H and O–H groups in total. The molecular formula is C15H18ClNO2. The Labute approximate surface area is 118 Å². The van der Waals surface area contributed by atoms with Crippen LogP contribution >= 0.6 is 11.6 Å². The summed E-state index contributed by atoms with van der Waals surface area (Å²) in [5.74, 6) is 2.58. The highest BCUT2D eigenvalue weighted by molar-refractivity contribution is 6.32. The molecule has 3 nitrogen and oxygen atoms in total. The lowest BCUT2D eigenvalue weighted by Gasteiger charge is -2.17. The number of benzene rings is 1. The van der Waals surface area contributed by atoms with Gasteiger partial charge in [0.15, 0.2) is 0 Å². The first-order valence-electron chi connectivity index (χ1n) is 6.89. The lowest BCUT2D eigenvalue weighted by atomic mass is 10.3. The summed E-state index contributed by atoms with van der Waals surface area (Å²) in [5.41, 5.74) is 0. The van der Waals surface area contributed by atoms with Crippen molar-refractivity contribution in [2.75, 3.05) is 19.7 Å². The summed E-state index contributed by atoms with van der Waals surface area (Å²) >= 11 is 5.99. The van der Waals surface area contributed by atoms with E-state index >= 15 is 0 Å². The van der Waals surface area contributed by atoms with Gasteiger partial charge in [-0.15, -0.1) is 0 Å². The average Bonchev–Trinajstić information content (AvgIpc) is 3.03. The SMILES string of the molecule is O=C(CCCOc1ccccc1Cl)N1CC2CC2C1. The van der Waals surface area contributed by atoms with Crippen LogP contribution in [0.2, 0.25) is 5.02 Å². The first kappa shape index (κ1) is 12.8. The third-order valence-electron chi connectivity index (χ3n) is 3.96. The lowest BCUT2D eigenvalue weighted by Crippen LogP contribution is -2.30. The number of amides is 1. The van der Waals surface area contributed by atoms with E-state index in [1.54, 1.807) is 6.07 Å². The number of para-hydroxylation sites is 1. The number of carbonyl (C=O) groups excluding carboxylic acids is 1. The first-order valence-corrected chi connectivity index (χ1v) is 7.27. The van der Waals surface area contributed by atoms with Gasteiger partial charge in [0, 0.05) is 19.5 Å². The Kier molecular flexibility index (Phi) is 3.65. The minimum atomic E-state index is 0.273. The standard InChI is InChI=1S/C15H18ClNO2/c16-13-4-1-2-5-14(13)19-7-3-6-15(18)17-9-11-8-12(11)10-17/h1-2,4-5,11-12H,3,6-10H2. The fraction of sp³-hybridized carbons (Fsp3) is 0.533. The molecule has 2 fully saturated rings. The number of piperidine rings is 1. The maximum Gasteiger partial charge on any atom is 0.222 e. The molecule has 0 aromatic heterocycles. The Morgan fingerprint density at radius 2 is 2.05 bits per heavy atom. The first-order chi connectivity index (χ1) is 9.24. The highest BCUT2D eigenvalue weighted by atomic mass is 35.5. The summed E-state index contributed by atoms with van der Waals surface area (Å²) in [6.07, 6.45) is 2.65. The number of fused-ring (bicyclic) bond motifs is 1. The van der Waals surface area contributed by atoms with Crippen molar-refractivity contribution in [1.82, 2.24) is 4.90 Å². The van der Waals surface area contributed by atoms with Crippen molar-refractivity contribution in [2.45, 2.75) is 19.3 Å². The number of hydrogen-bond donors (Lipinski definition) is 0. The van der Waals surface area contributed by atoms with Crippen LogP contribution in [0.25, 0.3) is 0 Å². The number of halogens is 1. The summed E-state index contributed by atoms with van der Waals surface area (Å²) in [4.78, 5) is 13.9. The minimum Gasteiger partial charge on any atom is -0.492 e. The quantitative estimate of drug-likeness (QED) is 0.776. The van der Waals surface area contributed by atoms with Gasteiger partial charge >= 0.3 is 0 Å². The second-order valence-corrected chi connectivity index (χ2v) is 5.84. The zero-order valence-corrected chi connectivity index (χ0v) is 11.6. The van der Waals surface area contributed by atoms with Gasteiger partial charge in [0.2, 0.25) is 5.91 Å². The van der Waals surface area contributed by atoms with E-state index in [0.717, 1.165) is 31.3 Å². The molecular weight excluding hydrogens is 262 g/mol. The van der Waals surface area contributed by atoms with Crippen LogP contribution in [0, 0.1) is 11.8 Å². The molecule has 1 saturated heterocycles. The van der Waals surface area contributed by atoms with Crippen LogP contribution in [0.1, 0.15) is 19.3 Å². The number of likely N-dealkylation sites (tertiary alicyclic amines) is 1. The second-order valence-electron chi connectivity index (χ2n) is 5.44. The van der Waals surface area contributed by atoms with Crippen molar-refractivity contribution >= 4 is 17.5 Å². The molecule has 19 heavy (non-hydrogen) atoms. The van der Waals surface area contributed by atoms with Crippen LogP contribution in [0.5, 0.6) is 5.75 Å². The topological polar surface area (TPSA) is 29.5 Å². The molecule has 1 amide bonds. The molecule has 1 aliphatic heterocycles. The smallest absolute Gasteiger partial charge is 0.222 e. The van der Waals surface area contributed by atoms with E-state index in [1.165, 1.54) is 6.42 Å². The van der Waals surface area contributed by atoms with E-state index < -0.39 is 0 Å². The van der Waals surface area contributed by atoms with Crippen LogP contribution in [0.3, 0.4) is 0 Å². The van der Waals surface area contributed by atoms with Gasteiger partial charge in [-0.3, -0.25) is 4.79 Å². The summed E-state index contributed by atoms with van der Waals surface area (Å²) < 4.78 is 5.58. The normalized spacial score (nSPS) is 24.2. The molecule has 102 valence electrons. The Morgan fingerprint density at radius 1 is 1.32 bits per heavy atom. The van der Waals surface area contributed by atoms with Crippen LogP contribution < -0.4 is 4.74 Å². The Morgan fingerprint density at radius 3 is 2.79 bits per heavy atom. The van der Waals surface area contributed by atoms with Crippen molar-refractivity contribution in [1.29, 1.82) is 0 Å². The van der Waals surface area contributed by atoms with E-state index in [1.807, 2.05) is 23.1 Å². The highest BCUT2D eigenvalue weighted by Gasteiger charge is 2.46. The lowest BCUT2D eigenvalue weighted by molar-refractivity contribution is -0.130. The third kappa shape index (κ3) is 3.03. The van der Waals surface area contributed by atoms with Crippen molar-refractivity contribution in [3.8, 4) is 5.75 Å². The predicted octanol–water partition coefficient (Wildman–Crippen LogP) is 2.98. The fourth-order valence-corrected chi connectivity index (χ4v) is 2.92. The summed E-state index contributed by atoms with van der Waals surface area (Å²) in [5, 5.41) is 0.619. The van der Waals surface area contributed by atoms with E-state index in [2.05, 4.69) is 0 Å². The molecule has 1 aliphatic carbocycles. The maximum absolute atomic E-state index is 11.9. The number of carbonyl (C=O) groups is 1. The highest BCUT2D eigenvalue weighted by Crippen LogP contribution is 2.44. The molecule has 3 rings (SSSR count). The van der Waals surface area contributed by atoms with Crippen molar-refractivity contribution in [3.63, 3.8) is 0 Å². The van der Waals surface area contributed by atoms with Gasteiger partial charge in [-0.2, -0.15) is 0 Å². The number of rotatable bonds is 5. The number of hydrogen-bond acceptors (Lipinski definition) is 2. The monoisotopic (exact) mass is 279 g/mol. The number of ether oxygens (including phenoxy) is 1. The van der Waals surface area contributed by atoms with Gasteiger partial charge in [-0.05, 0) is 36.8 Å². The fourth-order valence-electron chi connectivity index (χ4n) is 2.73. The molecule has 1 aromatic rings. The van der Waals surface area contributed by atoms with Crippen LogP contribution in [0.4, 0.5) is 0 Å². The summed E-state index contributed by atoms with van der Waals surface area (Å²) in [7, 11) is 0. The second kappa shape index (κ2) is 5.41. The largest absolute Gasteiger partial charge is 0.492 e. The zero-order chi connectivity index (χ0) is 13.2. The molecule has 2 unspecified atom stereocenters. The van der Waals surface area contributed by atoms with Gasteiger partial charge in [0.25, 0.3) is 0 Å². The summed E-state index contributed by atoms with van der Waals surface area (Å²) in [6.45, 7) is 2.50. The predicted molar refractivity (Wildman–Crippen MR) is 74.4 cm³/mol. The zero-order valence-electron chi connectivity index (χ0n) is 10.8. The van der Waals surface area contributed by atoms with Crippen LogP contribution in [-0.2, 0) is 4.79 Å². The molecule has 2 aliphatic rings. The van der Waals surface area contributed by atoms with Gasteiger partial charge in [0.05, 0.1) is 11.6 Å². The van der Waals surface area contributed by atoms with Gasteiger partial charge in [-0.1, -0.05) is 23.7 Å². The molecule has 1 aromatic carbocycles. The van der Waals surface area contributed by atoms with Crippen LogP contribution in [0.15, 0.2) is 24.3 Å². The van der Waals surface area contributed by atoms with Crippen LogP contribution in [-0.4, -0.2) is 30.5 Å². The maximum atomic E-state index is 11.9. The molecule has 0 radical (unpaired) electrons. The Bertz CT molecular complexity index is 467. The molecule has 0 bridgehead atoms. The minimum absolute atomic E-state index is 0.273. The molecule has 1 heterocycles. The molecule has 2 atom stereocenters. The van der Waals surface area contributed by atoms with E-state index in [0.29, 0.717) is 23.8 Å². The van der Waals surface area contributed by atoms with Crippen molar-refractivity contribution in [2.24, 2.45) is 11.8 Å². The molecule has 0 spiro atoms. The molecule has 1 saturated carbocycles. The third-order valence-corrected chi connectivity index (χ3v) is 4.27. The number of nitrogens with zero attached hydrogens (tertiary/aromatic N) is 1. The van der Waals surface area contributed by atoms with Gasteiger partial charge < -0.3 is 9.64 Å². The van der Waals surface area contributed by atoms with Crippen molar-refractivity contribution < 1.29 is 9.53 Å². The van der Waals surface area contributed by atoms with E-state index in [9.17, 15) is 4.79 Å². The van der Waals surface area contributed by atoms with Gasteiger partial charge in [0.1, 0.15) is 5.75 Å². The Balaban J connectivity index is 1.36.